The van der Waals surface area contributed by atoms with Gasteiger partial charge in [-0.15, -0.1) is 0 Å². The third kappa shape index (κ3) is 3.96. The monoisotopic (exact) mass is 496 g/mol. The predicted octanol–water partition coefficient (Wildman–Crippen LogP) is 3.45. The highest BCUT2D eigenvalue weighted by Crippen LogP contribution is 2.49. The maximum atomic E-state index is 12.2. The highest BCUT2D eigenvalue weighted by molar-refractivity contribution is 6.01. The van der Waals surface area contributed by atoms with Gasteiger partial charge in [-0.25, -0.2) is 0 Å². The Morgan fingerprint density at radius 1 is 1.00 bits per heavy atom. The zero-order valence-corrected chi connectivity index (χ0v) is 19.5. The van der Waals surface area contributed by atoms with E-state index in [1.165, 1.54) is 20.3 Å². The van der Waals surface area contributed by atoms with E-state index < -0.39 is 24.1 Å². The lowest BCUT2D eigenvalue weighted by molar-refractivity contribution is -0.116. The van der Waals surface area contributed by atoms with Crippen LogP contribution in [0.1, 0.15) is 36.2 Å². The van der Waals surface area contributed by atoms with Gasteiger partial charge in [-0.1, -0.05) is 6.07 Å². The van der Waals surface area contributed by atoms with Crippen molar-refractivity contribution in [1.29, 1.82) is 0 Å². The topological polar surface area (TPSA) is 144 Å². The number of rotatable bonds is 5. The summed E-state index contributed by atoms with van der Waals surface area (Å²) in [5.41, 5.74) is 3.78. The van der Waals surface area contributed by atoms with Crippen molar-refractivity contribution >= 4 is 5.78 Å². The zero-order valence-electron chi connectivity index (χ0n) is 19.5. The van der Waals surface area contributed by atoms with Gasteiger partial charge in [0.1, 0.15) is 23.2 Å². The first kappa shape index (κ1) is 23.5. The molecule has 36 heavy (non-hydrogen) atoms. The summed E-state index contributed by atoms with van der Waals surface area (Å²) in [6.45, 7) is -0.358. The van der Waals surface area contributed by atoms with Gasteiger partial charge in [0.25, 0.3) is 0 Å². The molecule has 3 aliphatic rings. The van der Waals surface area contributed by atoms with Crippen molar-refractivity contribution in [1.82, 2.24) is 0 Å². The molecule has 0 spiro atoms. The normalized spacial score (nSPS) is 22.8. The zero-order chi connectivity index (χ0) is 25.6. The van der Waals surface area contributed by atoms with Crippen LogP contribution in [0.25, 0.3) is 0 Å². The number of benzene rings is 2. The second-order valence-electron chi connectivity index (χ2n) is 8.49. The third-order valence-electron chi connectivity index (χ3n) is 6.23. The highest BCUT2D eigenvalue weighted by Gasteiger charge is 2.38. The molecule has 2 aliphatic heterocycles. The van der Waals surface area contributed by atoms with Gasteiger partial charge in [0.15, 0.2) is 46.7 Å². The van der Waals surface area contributed by atoms with Crippen LogP contribution in [0.2, 0.25) is 0 Å². The molecule has 4 N–H and O–H groups in total. The predicted molar refractivity (Wildman–Crippen MR) is 123 cm³/mol. The van der Waals surface area contributed by atoms with Crippen molar-refractivity contribution < 1.29 is 48.9 Å². The number of aliphatic hydroxyl groups excluding tert-OH is 3. The minimum absolute atomic E-state index is 0.00761. The smallest absolute Gasteiger partial charge is 0.204 e. The van der Waals surface area contributed by atoms with Crippen molar-refractivity contribution in [2.75, 3.05) is 20.8 Å². The Hall–Kier alpha value is -4.27. The van der Waals surface area contributed by atoms with Gasteiger partial charge in [-0.05, 0) is 30.0 Å². The third-order valence-corrected chi connectivity index (χ3v) is 6.23. The van der Waals surface area contributed by atoms with Crippen LogP contribution in [0, 0.1) is 0 Å². The van der Waals surface area contributed by atoms with E-state index in [9.17, 15) is 25.2 Å². The molecule has 2 heterocycles. The number of hydrogen-bond acceptors (Lipinski definition) is 10. The summed E-state index contributed by atoms with van der Waals surface area (Å²) in [5.74, 6) is 0.195. The van der Waals surface area contributed by atoms with Crippen LogP contribution in [0.15, 0.2) is 58.9 Å². The molecule has 10 heteroatoms. The maximum absolute atomic E-state index is 12.2. The minimum Gasteiger partial charge on any atom is -0.511 e. The molecule has 0 unspecified atom stereocenters. The molecule has 2 aromatic rings. The van der Waals surface area contributed by atoms with E-state index in [0.717, 1.165) is 0 Å². The molecule has 0 amide bonds. The molecule has 0 fully saturated rings. The fourth-order valence-electron chi connectivity index (χ4n) is 4.48. The number of carbonyl (C=O) groups is 1. The number of aromatic hydroxyl groups is 1. The molecule has 188 valence electrons. The van der Waals surface area contributed by atoms with Gasteiger partial charge in [-0.2, -0.15) is 0 Å². The molecule has 10 nitrogen and oxygen atoms in total. The maximum Gasteiger partial charge on any atom is 0.204 e. The van der Waals surface area contributed by atoms with E-state index in [1.807, 2.05) is 0 Å². The number of fused-ring (bicyclic) bond motifs is 2. The van der Waals surface area contributed by atoms with E-state index in [0.29, 0.717) is 22.6 Å². The molecule has 5 rings (SSSR count). The molecule has 2 aromatic carbocycles. The number of carbonyl (C=O) groups excluding carboxylic acids is 1. The first-order valence-electron chi connectivity index (χ1n) is 11.2. The molecular formula is C26H24O10. The summed E-state index contributed by atoms with van der Waals surface area (Å²) in [5, 5.41) is 40.3. The first-order chi connectivity index (χ1) is 17.3. The number of phenolic OH excluding ortho intramolecular Hbond substituents is 1. The fraction of sp³-hybridized carbons (Fsp3) is 0.308. The molecule has 0 saturated carbocycles. The molecule has 0 aromatic heterocycles. The second-order valence-corrected chi connectivity index (χ2v) is 8.49. The van der Waals surface area contributed by atoms with Gasteiger partial charge in [0.05, 0.1) is 27.2 Å². The number of allylic oxidation sites excluding steroid dienone is 1. The number of phenols is 1. The first-order valence-corrected chi connectivity index (χ1v) is 11.2. The lowest BCUT2D eigenvalue weighted by atomic mass is 9.93. The fourth-order valence-corrected chi connectivity index (χ4v) is 4.48. The van der Waals surface area contributed by atoms with Gasteiger partial charge < -0.3 is 44.1 Å². The largest absolute Gasteiger partial charge is 0.511 e. The molecule has 0 saturated heterocycles. The number of ether oxygens (including phenoxy) is 5. The molecule has 1 aliphatic carbocycles. The van der Waals surface area contributed by atoms with Crippen molar-refractivity contribution in [3.05, 3.63) is 70.0 Å². The molecule has 0 radical (unpaired) electrons. The van der Waals surface area contributed by atoms with E-state index in [4.69, 9.17) is 23.7 Å². The van der Waals surface area contributed by atoms with Crippen LogP contribution in [-0.2, 0) is 9.53 Å². The van der Waals surface area contributed by atoms with E-state index in [2.05, 4.69) is 5.73 Å². The van der Waals surface area contributed by atoms with Crippen LogP contribution < -0.4 is 18.9 Å². The lowest BCUT2D eigenvalue weighted by Crippen LogP contribution is -2.36. The summed E-state index contributed by atoms with van der Waals surface area (Å²) in [6.07, 6.45) is -2.50. The average molecular weight is 496 g/mol. The number of Topliss-reactive ketones (excluding diaryl/α,β-unsaturated/α-hetero) is 1. The molecule has 0 bridgehead atoms. The summed E-state index contributed by atoms with van der Waals surface area (Å²) < 4.78 is 28.9. The Morgan fingerprint density at radius 2 is 1.75 bits per heavy atom. The summed E-state index contributed by atoms with van der Waals surface area (Å²) >= 11 is 0. The highest BCUT2D eigenvalue weighted by atomic mass is 16.6. The van der Waals surface area contributed by atoms with E-state index >= 15 is 0 Å². The Kier molecular flexibility index (Phi) is 5.91. The quantitative estimate of drug-likeness (QED) is 0.454. The van der Waals surface area contributed by atoms with Crippen LogP contribution in [0.5, 0.6) is 28.7 Å². The number of aliphatic hydroxyl groups is 3. The Labute approximate surface area is 205 Å². The second kappa shape index (κ2) is 9.07. The van der Waals surface area contributed by atoms with Crippen LogP contribution in [0.4, 0.5) is 0 Å². The lowest BCUT2D eigenvalue weighted by Gasteiger charge is -2.35. The Bertz CT molecular complexity index is 1330. The molecule has 3 atom stereocenters. The Morgan fingerprint density at radius 3 is 2.47 bits per heavy atom. The number of hydrogen-bond donors (Lipinski definition) is 4. The molecular weight excluding hydrogens is 472 g/mol. The summed E-state index contributed by atoms with van der Waals surface area (Å²) in [4.78, 5) is 12.2. The van der Waals surface area contributed by atoms with Gasteiger partial charge in [0.2, 0.25) is 5.75 Å². The standard InChI is InChI=1S/C26H24O10/c1-32-19-5-12(3-4-15(19)29)25-23(11-27)36-26-21(33-2)6-13(7-22(26)35-25)18-10-17(31)24-16(30)8-14(28)9-20(24)34-18/h3-7,18,23,25,27-29,31H,8,10-11H2,1-2H3/t18-,23-,25-/m1/s1. The number of ketones is 1. The van der Waals surface area contributed by atoms with Crippen LogP contribution in [-0.4, -0.2) is 53.1 Å². The van der Waals surface area contributed by atoms with Gasteiger partial charge in [-0.3, -0.25) is 4.79 Å². The van der Waals surface area contributed by atoms with Crippen molar-refractivity contribution in [2.45, 2.75) is 31.2 Å². The summed E-state index contributed by atoms with van der Waals surface area (Å²) in [6, 6.07) is 8.01. The Balaban J connectivity index is 1.54. The van der Waals surface area contributed by atoms with E-state index in [1.54, 1.807) is 24.3 Å². The van der Waals surface area contributed by atoms with Crippen molar-refractivity contribution in [3.8, 4) is 28.7 Å². The van der Waals surface area contributed by atoms with Crippen molar-refractivity contribution in [2.24, 2.45) is 0 Å². The van der Waals surface area contributed by atoms with Crippen LogP contribution in [0.3, 0.4) is 0 Å². The van der Waals surface area contributed by atoms with Gasteiger partial charge in [0, 0.05) is 17.5 Å². The number of methoxy groups -OCH3 is 2. The summed E-state index contributed by atoms with van der Waals surface area (Å²) in [7, 11) is 2.88. The van der Waals surface area contributed by atoms with Crippen LogP contribution >= 0.6 is 0 Å². The van der Waals surface area contributed by atoms with E-state index in [-0.39, 0.29) is 59.5 Å². The minimum atomic E-state index is -0.779. The average Bonchev–Trinajstić information content (AvgIpc) is 2.86. The van der Waals surface area contributed by atoms with Gasteiger partial charge >= 0.3 is 0 Å². The SMILES string of the molecule is COc1cc([C@H]2Oc3cc([C@H]4CC(O)=C5C(=O)CC(O)=C=C5O4)cc(OC)c3O[C@@H]2CO)ccc1O. The van der Waals surface area contributed by atoms with Crippen molar-refractivity contribution in [3.63, 3.8) is 0 Å².